The van der Waals surface area contributed by atoms with E-state index in [0.29, 0.717) is 18.7 Å². The summed E-state index contributed by atoms with van der Waals surface area (Å²) in [6.45, 7) is 2.56. The molecule has 0 saturated carbocycles. The minimum absolute atomic E-state index is 0.00366. The van der Waals surface area contributed by atoms with Gasteiger partial charge >= 0.3 is 0 Å². The van der Waals surface area contributed by atoms with Crippen LogP contribution in [0.4, 0.5) is 11.5 Å². The first kappa shape index (κ1) is 12.4. The predicted molar refractivity (Wildman–Crippen MR) is 64.2 cm³/mol. The maximum Gasteiger partial charge on any atom is 0.221 e. The molecule has 90 valence electrons. The lowest BCUT2D eigenvalue weighted by atomic mass is 10.3. The van der Waals surface area contributed by atoms with Crippen molar-refractivity contribution >= 4 is 17.4 Å². The van der Waals surface area contributed by atoms with Crippen molar-refractivity contribution in [2.75, 3.05) is 24.6 Å². The normalized spacial score (nSPS) is 10.2. The van der Waals surface area contributed by atoms with Crippen LogP contribution in [-0.4, -0.2) is 29.3 Å². The number of hydrogen-bond acceptors (Lipinski definition) is 4. The Morgan fingerprint density at radius 3 is 2.75 bits per heavy atom. The number of carbonyl (C=O) groups is 1. The summed E-state index contributed by atoms with van der Waals surface area (Å²) in [5, 5.41) is 9.96. The molecular formula is C10H19N5O. The van der Waals surface area contributed by atoms with E-state index in [-0.39, 0.29) is 5.91 Å². The molecule has 0 spiro atoms. The zero-order chi connectivity index (χ0) is 12.1. The third-order valence-corrected chi connectivity index (χ3v) is 2.42. The van der Waals surface area contributed by atoms with Gasteiger partial charge in [-0.15, -0.1) is 0 Å². The van der Waals surface area contributed by atoms with E-state index in [2.05, 4.69) is 15.7 Å². The van der Waals surface area contributed by atoms with Crippen LogP contribution < -0.4 is 16.4 Å². The number of amides is 1. The maximum absolute atomic E-state index is 11.0. The minimum Gasteiger partial charge on any atom is -0.394 e. The minimum atomic E-state index is 0.00366. The molecule has 6 heteroatoms. The van der Waals surface area contributed by atoms with Crippen LogP contribution in [0.15, 0.2) is 0 Å². The lowest BCUT2D eigenvalue weighted by Crippen LogP contribution is -2.21. The summed E-state index contributed by atoms with van der Waals surface area (Å²) in [6.07, 6.45) is 1.22. The van der Waals surface area contributed by atoms with E-state index in [1.165, 1.54) is 0 Å². The van der Waals surface area contributed by atoms with Gasteiger partial charge in [0.15, 0.2) is 0 Å². The average Bonchev–Trinajstić information content (AvgIpc) is 2.55. The van der Waals surface area contributed by atoms with E-state index in [9.17, 15) is 4.79 Å². The number of aryl methyl sites for hydroxylation is 2. The SMILES string of the molecule is CCc1nn(C)c(NCCC(=O)NC)c1N. The molecule has 0 aliphatic rings. The van der Waals surface area contributed by atoms with Crippen LogP contribution in [-0.2, 0) is 18.3 Å². The fourth-order valence-corrected chi connectivity index (χ4v) is 1.49. The highest BCUT2D eigenvalue weighted by Gasteiger charge is 2.11. The summed E-state index contributed by atoms with van der Waals surface area (Å²) in [5.41, 5.74) is 7.47. The van der Waals surface area contributed by atoms with Crippen LogP contribution >= 0.6 is 0 Å². The second-order valence-electron chi connectivity index (χ2n) is 3.54. The van der Waals surface area contributed by atoms with Crippen molar-refractivity contribution < 1.29 is 4.79 Å². The van der Waals surface area contributed by atoms with Gasteiger partial charge in [-0.3, -0.25) is 9.48 Å². The maximum atomic E-state index is 11.0. The van der Waals surface area contributed by atoms with E-state index in [0.717, 1.165) is 17.9 Å². The van der Waals surface area contributed by atoms with Gasteiger partial charge in [0, 0.05) is 27.1 Å². The predicted octanol–water partition coefficient (Wildman–Crippen LogP) is 0.113. The molecule has 0 bridgehead atoms. The second kappa shape index (κ2) is 5.39. The first-order valence-corrected chi connectivity index (χ1v) is 5.35. The van der Waals surface area contributed by atoms with Crippen LogP contribution in [0, 0.1) is 0 Å². The van der Waals surface area contributed by atoms with Crippen LogP contribution in [0.5, 0.6) is 0 Å². The van der Waals surface area contributed by atoms with Gasteiger partial charge in [0.05, 0.1) is 11.4 Å². The van der Waals surface area contributed by atoms with Crippen LogP contribution in [0.1, 0.15) is 19.0 Å². The van der Waals surface area contributed by atoms with Crippen LogP contribution in [0.25, 0.3) is 0 Å². The number of aromatic nitrogens is 2. The molecule has 6 nitrogen and oxygen atoms in total. The summed E-state index contributed by atoms with van der Waals surface area (Å²) >= 11 is 0. The zero-order valence-electron chi connectivity index (χ0n) is 10.0. The van der Waals surface area contributed by atoms with Crippen molar-refractivity contribution in [2.45, 2.75) is 19.8 Å². The highest BCUT2D eigenvalue weighted by atomic mass is 16.1. The molecule has 0 saturated heterocycles. The second-order valence-corrected chi connectivity index (χ2v) is 3.54. The molecule has 0 aromatic carbocycles. The molecule has 4 N–H and O–H groups in total. The monoisotopic (exact) mass is 225 g/mol. The van der Waals surface area contributed by atoms with Gasteiger partial charge in [0.2, 0.25) is 5.91 Å². The Bertz CT molecular complexity index is 372. The Hall–Kier alpha value is -1.72. The van der Waals surface area contributed by atoms with Crippen molar-refractivity contribution in [1.82, 2.24) is 15.1 Å². The quantitative estimate of drug-likeness (QED) is 0.664. The van der Waals surface area contributed by atoms with E-state index in [1.807, 2.05) is 14.0 Å². The molecule has 1 aromatic rings. The Morgan fingerprint density at radius 1 is 1.56 bits per heavy atom. The highest BCUT2D eigenvalue weighted by Crippen LogP contribution is 2.21. The van der Waals surface area contributed by atoms with Crippen LogP contribution in [0.2, 0.25) is 0 Å². The molecule has 0 fully saturated rings. The van der Waals surface area contributed by atoms with E-state index in [1.54, 1.807) is 11.7 Å². The molecule has 0 aliphatic heterocycles. The lowest BCUT2D eigenvalue weighted by molar-refractivity contribution is -0.120. The van der Waals surface area contributed by atoms with Crippen molar-refractivity contribution in [2.24, 2.45) is 7.05 Å². The van der Waals surface area contributed by atoms with Gasteiger partial charge in [-0.05, 0) is 6.42 Å². The van der Waals surface area contributed by atoms with Crippen molar-refractivity contribution in [3.05, 3.63) is 5.69 Å². The third-order valence-electron chi connectivity index (χ3n) is 2.42. The third kappa shape index (κ3) is 2.65. The summed E-state index contributed by atoms with van der Waals surface area (Å²) in [4.78, 5) is 11.0. The summed E-state index contributed by atoms with van der Waals surface area (Å²) in [5.74, 6) is 0.782. The van der Waals surface area contributed by atoms with Gasteiger partial charge in [-0.25, -0.2) is 0 Å². The Morgan fingerprint density at radius 2 is 2.25 bits per heavy atom. The van der Waals surface area contributed by atoms with E-state index in [4.69, 9.17) is 5.73 Å². The number of nitrogen functional groups attached to an aromatic ring is 1. The number of nitrogens with two attached hydrogens (primary N) is 1. The number of carbonyl (C=O) groups excluding carboxylic acids is 1. The molecule has 0 atom stereocenters. The Kier molecular flexibility index (Phi) is 4.16. The molecule has 1 aromatic heterocycles. The summed E-state index contributed by atoms with van der Waals surface area (Å²) in [7, 11) is 3.45. The van der Waals surface area contributed by atoms with Gasteiger partial charge < -0.3 is 16.4 Å². The fraction of sp³-hybridized carbons (Fsp3) is 0.600. The van der Waals surface area contributed by atoms with Gasteiger partial charge in [-0.1, -0.05) is 6.92 Å². The highest BCUT2D eigenvalue weighted by molar-refractivity contribution is 5.76. The lowest BCUT2D eigenvalue weighted by Gasteiger charge is -2.06. The van der Waals surface area contributed by atoms with Crippen molar-refractivity contribution in [1.29, 1.82) is 0 Å². The number of hydrogen-bond donors (Lipinski definition) is 3. The smallest absolute Gasteiger partial charge is 0.221 e. The Labute approximate surface area is 95.2 Å². The molecular weight excluding hydrogens is 206 g/mol. The molecule has 0 unspecified atom stereocenters. The molecule has 0 aliphatic carbocycles. The van der Waals surface area contributed by atoms with Crippen molar-refractivity contribution in [3.8, 4) is 0 Å². The molecule has 0 radical (unpaired) electrons. The molecule has 1 rings (SSSR count). The largest absolute Gasteiger partial charge is 0.394 e. The summed E-state index contributed by atoms with van der Waals surface area (Å²) < 4.78 is 1.71. The van der Waals surface area contributed by atoms with Gasteiger partial charge in [0.25, 0.3) is 0 Å². The van der Waals surface area contributed by atoms with E-state index < -0.39 is 0 Å². The van der Waals surface area contributed by atoms with Crippen molar-refractivity contribution in [3.63, 3.8) is 0 Å². The summed E-state index contributed by atoms with van der Waals surface area (Å²) in [6, 6.07) is 0. The number of rotatable bonds is 5. The average molecular weight is 225 g/mol. The van der Waals surface area contributed by atoms with Gasteiger partial charge in [0.1, 0.15) is 5.82 Å². The first-order chi connectivity index (χ1) is 7.60. The first-order valence-electron chi connectivity index (χ1n) is 5.35. The zero-order valence-corrected chi connectivity index (χ0v) is 10.0. The van der Waals surface area contributed by atoms with Crippen LogP contribution in [0.3, 0.4) is 0 Å². The molecule has 1 heterocycles. The fourth-order valence-electron chi connectivity index (χ4n) is 1.49. The topological polar surface area (TPSA) is 85.0 Å². The number of nitrogens with zero attached hydrogens (tertiary/aromatic N) is 2. The molecule has 16 heavy (non-hydrogen) atoms. The standard InChI is InChI=1S/C10H19N5O/c1-4-7-9(11)10(15(3)14-7)13-6-5-8(16)12-2/h13H,4-6,11H2,1-3H3,(H,12,16). The van der Waals surface area contributed by atoms with E-state index >= 15 is 0 Å². The number of anilines is 2. The van der Waals surface area contributed by atoms with Gasteiger partial charge in [-0.2, -0.15) is 5.10 Å². The molecule has 1 amide bonds. The number of nitrogens with one attached hydrogen (secondary N) is 2. The Balaban J connectivity index is 2.60.